The summed E-state index contributed by atoms with van der Waals surface area (Å²) in [5.74, 6) is -0.0968. The minimum atomic E-state index is -0.409. The van der Waals surface area contributed by atoms with Gasteiger partial charge in [0, 0.05) is 6.04 Å². The first-order valence-corrected chi connectivity index (χ1v) is 6.52. The first kappa shape index (κ1) is 14.8. The molecule has 0 radical (unpaired) electrons. The molecular weight excluding hydrogens is 300 g/mol. The SMILES string of the molecule is CC(C)C(C)NC(=O)CNC(=O)c1ccc(Br)o1. The summed E-state index contributed by atoms with van der Waals surface area (Å²) < 4.78 is 5.55. The van der Waals surface area contributed by atoms with Crippen LogP contribution in [0, 0.1) is 5.92 Å². The van der Waals surface area contributed by atoms with Crippen molar-refractivity contribution in [2.75, 3.05) is 6.54 Å². The molecule has 1 atom stereocenters. The fourth-order valence-corrected chi connectivity index (χ4v) is 1.46. The Labute approximate surface area is 114 Å². The van der Waals surface area contributed by atoms with Gasteiger partial charge in [0.25, 0.3) is 5.91 Å². The lowest BCUT2D eigenvalue weighted by atomic mass is 10.1. The molecule has 0 aromatic carbocycles. The lowest BCUT2D eigenvalue weighted by Gasteiger charge is -2.17. The molecule has 0 aliphatic carbocycles. The monoisotopic (exact) mass is 316 g/mol. The van der Waals surface area contributed by atoms with E-state index in [0.29, 0.717) is 10.6 Å². The lowest BCUT2D eigenvalue weighted by Crippen LogP contribution is -2.42. The Morgan fingerprint density at radius 3 is 2.50 bits per heavy atom. The van der Waals surface area contributed by atoms with E-state index < -0.39 is 5.91 Å². The molecule has 0 spiro atoms. The molecule has 0 saturated carbocycles. The Morgan fingerprint density at radius 1 is 1.33 bits per heavy atom. The summed E-state index contributed by atoms with van der Waals surface area (Å²) in [6, 6.07) is 3.23. The van der Waals surface area contributed by atoms with Crippen molar-refractivity contribution < 1.29 is 14.0 Å². The molecule has 6 heteroatoms. The van der Waals surface area contributed by atoms with Crippen molar-refractivity contribution >= 4 is 27.7 Å². The largest absolute Gasteiger partial charge is 0.444 e. The minimum absolute atomic E-state index is 0.0613. The number of rotatable bonds is 5. The third-order valence-electron chi connectivity index (χ3n) is 2.60. The summed E-state index contributed by atoms with van der Waals surface area (Å²) in [5, 5.41) is 5.29. The fraction of sp³-hybridized carbons (Fsp3) is 0.500. The van der Waals surface area contributed by atoms with Gasteiger partial charge >= 0.3 is 0 Å². The van der Waals surface area contributed by atoms with Crippen LogP contribution in [0.4, 0.5) is 0 Å². The van der Waals surface area contributed by atoms with Crippen molar-refractivity contribution in [1.82, 2.24) is 10.6 Å². The van der Waals surface area contributed by atoms with E-state index >= 15 is 0 Å². The van der Waals surface area contributed by atoms with Crippen LogP contribution >= 0.6 is 15.9 Å². The maximum absolute atomic E-state index is 11.6. The van der Waals surface area contributed by atoms with E-state index in [1.807, 2.05) is 20.8 Å². The summed E-state index contributed by atoms with van der Waals surface area (Å²) >= 11 is 3.10. The molecule has 1 heterocycles. The molecule has 5 nitrogen and oxygen atoms in total. The maximum Gasteiger partial charge on any atom is 0.287 e. The van der Waals surface area contributed by atoms with Crippen LogP contribution in [-0.4, -0.2) is 24.4 Å². The van der Waals surface area contributed by atoms with Gasteiger partial charge in [-0.05, 0) is 40.9 Å². The quantitative estimate of drug-likeness (QED) is 0.872. The third-order valence-corrected chi connectivity index (χ3v) is 3.02. The summed E-state index contributed by atoms with van der Waals surface area (Å²) in [6.07, 6.45) is 0. The minimum Gasteiger partial charge on any atom is -0.444 e. The first-order valence-electron chi connectivity index (χ1n) is 5.73. The van der Waals surface area contributed by atoms with Gasteiger partial charge in [0.1, 0.15) is 0 Å². The van der Waals surface area contributed by atoms with Crippen molar-refractivity contribution in [3.05, 3.63) is 22.6 Å². The summed E-state index contributed by atoms with van der Waals surface area (Å²) in [6.45, 7) is 5.90. The molecule has 2 amide bonds. The smallest absolute Gasteiger partial charge is 0.287 e. The van der Waals surface area contributed by atoms with E-state index in [-0.39, 0.29) is 24.3 Å². The molecule has 0 saturated heterocycles. The predicted molar refractivity (Wildman–Crippen MR) is 71.2 cm³/mol. The number of furan rings is 1. The lowest BCUT2D eigenvalue weighted by molar-refractivity contribution is -0.121. The highest BCUT2D eigenvalue weighted by molar-refractivity contribution is 9.10. The zero-order valence-corrected chi connectivity index (χ0v) is 12.2. The summed E-state index contributed by atoms with van der Waals surface area (Å²) in [4.78, 5) is 23.1. The van der Waals surface area contributed by atoms with Crippen LogP contribution in [0.1, 0.15) is 31.3 Å². The molecule has 1 unspecified atom stereocenters. The van der Waals surface area contributed by atoms with Gasteiger partial charge in [0.15, 0.2) is 10.4 Å². The Balaban J connectivity index is 2.37. The Bertz CT molecular complexity index is 429. The third kappa shape index (κ3) is 4.52. The van der Waals surface area contributed by atoms with Gasteiger partial charge in [0.05, 0.1) is 6.54 Å². The number of hydrogen-bond acceptors (Lipinski definition) is 3. The fourth-order valence-electron chi connectivity index (χ4n) is 1.16. The highest BCUT2D eigenvalue weighted by atomic mass is 79.9. The molecule has 2 N–H and O–H groups in total. The van der Waals surface area contributed by atoms with Crippen LogP contribution in [0.25, 0.3) is 0 Å². The summed E-state index contributed by atoms with van der Waals surface area (Å²) in [5.41, 5.74) is 0. The molecule has 0 aliphatic heterocycles. The van der Waals surface area contributed by atoms with E-state index in [0.717, 1.165) is 0 Å². The van der Waals surface area contributed by atoms with E-state index in [9.17, 15) is 9.59 Å². The second-order valence-corrected chi connectivity index (χ2v) is 5.17. The molecule has 0 fully saturated rings. The zero-order valence-electron chi connectivity index (χ0n) is 10.6. The molecule has 1 aromatic heterocycles. The number of halogens is 1. The molecular formula is C12H17BrN2O3. The van der Waals surface area contributed by atoms with Gasteiger partial charge in [-0.25, -0.2) is 0 Å². The van der Waals surface area contributed by atoms with Gasteiger partial charge in [0.2, 0.25) is 5.91 Å². The number of amides is 2. The highest BCUT2D eigenvalue weighted by Gasteiger charge is 2.14. The number of carbonyl (C=O) groups is 2. The normalized spacial score (nSPS) is 12.3. The van der Waals surface area contributed by atoms with Crippen molar-refractivity contribution in [3.63, 3.8) is 0 Å². The van der Waals surface area contributed by atoms with Crippen molar-refractivity contribution in [3.8, 4) is 0 Å². The number of carbonyl (C=O) groups excluding carboxylic acids is 2. The highest BCUT2D eigenvalue weighted by Crippen LogP contribution is 2.13. The standard InChI is InChI=1S/C12H17BrN2O3/c1-7(2)8(3)15-11(16)6-14-12(17)9-4-5-10(13)18-9/h4-5,7-8H,6H2,1-3H3,(H,14,17)(H,15,16). The zero-order chi connectivity index (χ0) is 13.7. The van der Waals surface area contributed by atoms with Crippen LogP contribution in [0.2, 0.25) is 0 Å². The molecule has 0 aliphatic rings. The average molecular weight is 317 g/mol. The van der Waals surface area contributed by atoms with Crippen LogP contribution in [0.5, 0.6) is 0 Å². The second-order valence-electron chi connectivity index (χ2n) is 4.39. The Hall–Kier alpha value is -1.30. The maximum atomic E-state index is 11.6. The molecule has 18 heavy (non-hydrogen) atoms. The van der Waals surface area contributed by atoms with Gasteiger partial charge < -0.3 is 15.1 Å². The van der Waals surface area contributed by atoms with Crippen LogP contribution < -0.4 is 10.6 Å². The van der Waals surface area contributed by atoms with Gasteiger partial charge in [-0.15, -0.1) is 0 Å². The Kier molecular flexibility index (Phi) is 5.40. The summed E-state index contributed by atoms with van der Waals surface area (Å²) in [7, 11) is 0. The van der Waals surface area contributed by atoms with E-state index in [2.05, 4.69) is 26.6 Å². The van der Waals surface area contributed by atoms with Crippen LogP contribution in [0.15, 0.2) is 21.2 Å². The second kappa shape index (κ2) is 6.58. The van der Waals surface area contributed by atoms with Gasteiger partial charge in [-0.1, -0.05) is 13.8 Å². The van der Waals surface area contributed by atoms with Gasteiger partial charge in [-0.3, -0.25) is 9.59 Å². The van der Waals surface area contributed by atoms with Crippen molar-refractivity contribution in [2.45, 2.75) is 26.8 Å². The van der Waals surface area contributed by atoms with Crippen LogP contribution in [0.3, 0.4) is 0 Å². The average Bonchev–Trinajstić information content (AvgIpc) is 2.72. The molecule has 1 aromatic rings. The Morgan fingerprint density at radius 2 is 2.00 bits per heavy atom. The van der Waals surface area contributed by atoms with Gasteiger partial charge in [-0.2, -0.15) is 0 Å². The van der Waals surface area contributed by atoms with E-state index in [1.54, 1.807) is 6.07 Å². The van der Waals surface area contributed by atoms with Crippen molar-refractivity contribution in [1.29, 1.82) is 0 Å². The topological polar surface area (TPSA) is 71.3 Å². The molecule has 0 bridgehead atoms. The van der Waals surface area contributed by atoms with E-state index in [1.165, 1.54) is 6.07 Å². The molecule has 1 rings (SSSR count). The van der Waals surface area contributed by atoms with Crippen LogP contribution in [-0.2, 0) is 4.79 Å². The number of hydrogen-bond donors (Lipinski definition) is 2. The van der Waals surface area contributed by atoms with E-state index in [4.69, 9.17) is 4.42 Å². The molecule has 100 valence electrons. The first-order chi connectivity index (χ1) is 8.40. The predicted octanol–water partition coefficient (Wildman–Crippen LogP) is 1.93. The van der Waals surface area contributed by atoms with Crippen molar-refractivity contribution in [2.24, 2.45) is 5.92 Å². The number of nitrogens with one attached hydrogen (secondary N) is 2.